The highest BCUT2D eigenvalue weighted by Crippen LogP contribution is 2.26. The Labute approximate surface area is 156 Å². The Balaban J connectivity index is 1.66. The monoisotopic (exact) mass is 368 g/mol. The van der Waals surface area contributed by atoms with E-state index in [4.69, 9.17) is 20.8 Å². The standard InChI is InChI=1S/C20H17ClN2O3/c1-13-6-7-14(11-18(13)21)19-9-8-17(26-19)12-22-23-20(24)15-4-3-5-16(10-15)25-2/h3-12H,1-2H3,(H,23,24)/b22-12-. The van der Waals surface area contributed by atoms with E-state index in [1.165, 1.54) is 6.21 Å². The maximum absolute atomic E-state index is 12.1. The van der Waals surface area contributed by atoms with Gasteiger partial charge < -0.3 is 9.15 Å². The van der Waals surface area contributed by atoms with Crippen LogP contribution in [-0.2, 0) is 0 Å². The van der Waals surface area contributed by atoms with Crippen molar-refractivity contribution in [1.82, 2.24) is 5.43 Å². The van der Waals surface area contributed by atoms with E-state index in [1.54, 1.807) is 37.4 Å². The van der Waals surface area contributed by atoms with E-state index in [9.17, 15) is 4.79 Å². The summed E-state index contributed by atoms with van der Waals surface area (Å²) in [6, 6.07) is 16.1. The predicted molar refractivity (Wildman–Crippen MR) is 102 cm³/mol. The summed E-state index contributed by atoms with van der Waals surface area (Å²) in [5.74, 6) is 1.46. The van der Waals surface area contributed by atoms with Crippen molar-refractivity contribution in [2.45, 2.75) is 6.92 Å². The minimum atomic E-state index is -0.336. The number of nitrogens with one attached hydrogen (secondary N) is 1. The van der Waals surface area contributed by atoms with E-state index < -0.39 is 0 Å². The first-order chi connectivity index (χ1) is 12.6. The SMILES string of the molecule is COc1cccc(C(=O)N/N=C\c2ccc(-c3ccc(C)c(Cl)c3)o2)c1. The van der Waals surface area contributed by atoms with Crippen LogP contribution in [0.25, 0.3) is 11.3 Å². The van der Waals surface area contributed by atoms with Crippen molar-refractivity contribution in [1.29, 1.82) is 0 Å². The first-order valence-electron chi connectivity index (χ1n) is 7.90. The molecule has 0 aliphatic heterocycles. The van der Waals surface area contributed by atoms with Gasteiger partial charge in [-0.25, -0.2) is 5.43 Å². The number of benzene rings is 2. The Bertz CT molecular complexity index is 963. The summed E-state index contributed by atoms with van der Waals surface area (Å²) >= 11 is 6.14. The molecule has 0 atom stereocenters. The zero-order valence-corrected chi connectivity index (χ0v) is 15.1. The van der Waals surface area contributed by atoms with Crippen molar-refractivity contribution >= 4 is 23.7 Å². The molecule has 0 saturated heterocycles. The minimum Gasteiger partial charge on any atom is -0.497 e. The number of rotatable bonds is 5. The number of hydrazone groups is 1. The smallest absolute Gasteiger partial charge is 0.271 e. The van der Waals surface area contributed by atoms with Crippen LogP contribution in [0.4, 0.5) is 0 Å². The molecule has 132 valence electrons. The number of aryl methyl sites for hydroxylation is 1. The van der Waals surface area contributed by atoms with Crippen molar-refractivity contribution in [3.05, 3.63) is 76.5 Å². The molecule has 0 saturated carbocycles. The predicted octanol–water partition coefficient (Wildman–Crippen LogP) is 4.68. The van der Waals surface area contributed by atoms with Gasteiger partial charge in [-0.2, -0.15) is 5.10 Å². The van der Waals surface area contributed by atoms with Gasteiger partial charge in [0.2, 0.25) is 0 Å². The Morgan fingerprint density at radius 1 is 1.19 bits per heavy atom. The van der Waals surface area contributed by atoms with Crippen LogP contribution in [0.3, 0.4) is 0 Å². The summed E-state index contributed by atoms with van der Waals surface area (Å²) < 4.78 is 10.8. The third-order valence-corrected chi connectivity index (χ3v) is 4.18. The number of halogens is 1. The Hall–Kier alpha value is -3.05. The third-order valence-electron chi connectivity index (χ3n) is 3.77. The highest BCUT2D eigenvalue weighted by atomic mass is 35.5. The van der Waals surface area contributed by atoms with Gasteiger partial charge in [0.15, 0.2) is 0 Å². The molecule has 0 aliphatic carbocycles. The fourth-order valence-electron chi connectivity index (χ4n) is 2.31. The molecule has 2 aromatic carbocycles. The van der Waals surface area contributed by atoms with Crippen molar-refractivity contribution in [2.24, 2.45) is 5.10 Å². The second kappa shape index (κ2) is 7.89. The maximum atomic E-state index is 12.1. The summed E-state index contributed by atoms with van der Waals surface area (Å²) in [5.41, 5.74) is 4.79. The van der Waals surface area contributed by atoms with E-state index in [-0.39, 0.29) is 5.91 Å². The molecule has 0 bridgehead atoms. The van der Waals surface area contributed by atoms with Crippen LogP contribution >= 0.6 is 11.6 Å². The van der Waals surface area contributed by atoms with Crippen LogP contribution in [-0.4, -0.2) is 19.2 Å². The van der Waals surface area contributed by atoms with Crippen molar-refractivity contribution in [3.8, 4) is 17.1 Å². The number of amides is 1. The number of nitrogens with zero attached hydrogens (tertiary/aromatic N) is 1. The van der Waals surface area contributed by atoms with Crippen LogP contribution in [0.2, 0.25) is 5.02 Å². The highest BCUT2D eigenvalue weighted by molar-refractivity contribution is 6.31. The molecule has 0 unspecified atom stereocenters. The fraction of sp³-hybridized carbons (Fsp3) is 0.100. The molecule has 6 heteroatoms. The molecule has 3 aromatic rings. The molecule has 3 rings (SSSR count). The van der Waals surface area contributed by atoms with E-state index >= 15 is 0 Å². The van der Waals surface area contributed by atoms with Gasteiger partial charge in [0.05, 0.1) is 13.3 Å². The average Bonchev–Trinajstić information content (AvgIpc) is 3.13. The summed E-state index contributed by atoms with van der Waals surface area (Å²) in [5, 5.41) is 4.61. The van der Waals surface area contributed by atoms with Crippen LogP contribution in [0, 0.1) is 6.92 Å². The van der Waals surface area contributed by atoms with Crippen LogP contribution in [0.1, 0.15) is 21.7 Å². The lowest BCUT2D eigenvalue weighted by molar-refractivity contribution is 0.0955. The number of hydrogen-bond donors (Lipinski definition) is 1. The lowest BCUT2D eigenvalue weighted by atomic mass is 10.1. The normalized spacial score (nSPS) is 10.9. The average molecular weight is 369 g/mol. The topological polar surface area (TPSA) is 63.8 Å². The molecule has 1 heterocycles. The van der Waals surface area contributed by atoms with Crippen molar-refractivity contribution in [3.63, 3.8) is 0 Å². The summed E-state index contributed by atoms with van der Waals surface area (Å²) in [4.78, 5) is 12.1. The molecule has 0 fully saturated rings. The first kappa shape index (κ1) is 17.8. The molecular formula is C20H17ClN2O3. The van der Waals surface area contributed by atoms with Gasteiger partial charge in [0.25, 0.3) is 5.91 Å². The van der Waals surface area contributed by atoms with Gasteiger partial charge in [-0.15, -0.1) is 0 Å². The zero-order chi connectivity index (χ0) is 18.5. The Kier molecular flexibility index (Phi) is 5.39. The number of ether oxygens (including phenoxy) is 1. The number of carbonyl (C=O) groups excluding carboxylic acids is 1. The van der Waals surface area contributed by atoms with E-state index in [0.29, 0.717) is 27.9 Å². The molecule has 0 radical (unpaired) electrons. The molecule has 1 aromatic heterocycles. The first-order valence-corrected chi connectivity index (χ1v) is 8.28. The zero-order valence-electron chi connectivity index (χ0n) is 14.3. The molecule has 1 N–H and O–H groups in total. The Morgan fingerprint density at radius 2 is 2.04 bits per heavy atom. The summed E-state index contributed by atoms with van der Waals surface area (Å²) in [6.45, 7) is 1.94. The number of carbonyl (C=O) groups is 1. The van der Waals surface area contributed by atoms with Gasteiger partial charge in [0, 0.05) is 16.1 Å². The third kappa shape index (κ3) is 4.13. The molecule has 0 spiro atoms. The second-order valence-electron chi connectivity index (χ2n) is 5.60. The van der Waals surface area contributed by atoms with Gasteiger partial charge in [-0.1, -0.05) is 29.8 Å². The van der Waals surface area contributed by atoms with Gasteiger partial charge in [0.1, 0.15) is 17.3 Å². The van der Waals surface area contributed by atoms with Gasteiger partial charge in [-0.3, -0.25) is 4.79 Å². The Morgan fingerprint density at radius 3 is 2.81 bits per heavy atom. The van der Waals surface area contributed by atoms with Crippen LogP contribution in [0.5, 0.6) is 5.75 Å². The van der Waals surface area contributed by atoms with Gasteiger partial charge >= 0.3 is 0 Å². The summed E-state index contributed by atoms with van der Waals surface area (Å²) in [6.07, 6.45) is 1.44. The maximum Gasteiger partial charge on any atom is 0.271 e. The number of methoxy groups -OCH3 is 1. The van der Waals surface area contributed by atoms with Crippen molar-refractivity contribution < 1.29 is 13.9 Å². The molecular weight excluding hydrogens is 352 g/mol. The lowest BCUT2D eigenvalue weighted by Crippen LogP contribution is -2.17. The quantitative estimate of drug-likeness (QED) is 0.525. The molecule has 0 aliphatic rings. The van der Waals surface area contributed by atoms with E-state index in [0.717, 1.165) is 11.1 Å². The minimum absolute atomic E-state index is 0.336. The van der Waals surface area contributed by atoms with Gasteiger partial charge in [-0.05, 0) is 48.9 Å². The largest absolute Gasteiger partial charge is 0.497 e. The second-order valence-corrected chi connectivity index (χ2v) is 6.00. The fourth-order valence-corrected chi connectivity index (χ4v) is 2.49. The van der Waals surface area contributed by atoms with E-state index in [2.05, 4.69) is 10.5 Å². The van der Waals surface area contributed by atoms with E-state index in [1.807, 2.05) is 31.2 Å². The van der Waals surface area contributed by atoms with Crippen molar-refractivity contribution in [2.75, 3.05) is 7.11 Å². The number of hydrogen-bond acceptors (Lipinski definition) is 4. The molecule has 26 heavy (non-hydrogen) atoms. The highest BCUT2D eigenvalue weighted by Gasteiger charge is 2.07. The lowest BCUT2D eigenvalue weighted by Gasteiger charge is -2.02. The van der Waals surface area contributed by atoms with Crippen LogP contribution in [0.15, 0.2) is 64.1 Å². The molecule has 1 amide bonds. The van der Waals surface area contributed by atoms with Crippen LogP contribution < -0.4 is 10.2 Å². The number of furan rings is 1. The molecule has 5 nitrogen and oxygen atoms in total. The summed E-state index contributed by atoms with van der Waals surface area (Å²) in [7, 11) is 1.55.